The van der Waals surface area contributed by atoms with Crippen molar-refractivity contribution >= 4 is 15.9 Å². The van der Waals surface area contributed by atoms with Crippen LogP contribution in [0.15, 0.2) is 0 Å². The minimum atomic E-state index is 0.387. The van der Waals surface area contributed by atoms with E-state index in [1.807, 2.05) is 0 Å². The highest BCUT2D eigenvalue weighted by atomic mass is 79.9. The molecule has 2 unspecified atom stereocenters. The molecule has 3 heteroatoms. The third-order valence-corrected chi connectivity index (χ3v) is 4.88. The molecule has 2 saturated heterocycles. The van der Waals surface area contributed by atoms with Crippen LogP contribution in [-0.4, -0.2) is 42.1 Å². The van der Waals surface area contributed by atoms with Crippen LogP contribution in [0.5, 0.6) is 0 Å². The molecule has 82 valence electrons. The van der Waals surface area contributed by atoms with Gasteiger partial charge < -0.3 is 4.74 Å². The number of nitrogens with zero attached hydrogens (tertiary/aromatic N) is 1. The first kappa shape index (κ1) is 10.9. The molecule has 14 heavy (non-hydrogen) atoms. The topological polar surface area (TPSA) is 12.5 Å². The van der Waals surface area contributed by atoms with Gasteiger partial charge in [0.15, 0.2) is 0 Å². The predicted octanol–water partition coefficient (Wildman–Crippen LogP) is 2.27. The molecule has 2 atom stereocenters. The van der Waals surface area contributed by atoms with Gasteiger partial charge in [-0.1, -0.05) is 29.8 Å². The molecule has 0 aliphatic carbocycles. The number of ether oxygens (including phenoxy) is 1. The SMILES string of the molecule is CC(C)(CBr)CN1C2CCC1COC2. The third-order valence-electron chi connectivity index (χ3n) is 3.36. The van der Waals surface area contributed by atoms with Crippen molar-refractivity contribution in [3.63, 3.8) is 0 Å². The van der Waals surface area contributed by atoms with E-state index in [0.29, 0.717) is 17.5 Å². The highest BCUT2D eigenvalue weighted by Crippen LogP contribution is 2.32. The highest BCUT2D eigenvalue weighted by Gasteiger charge is 2.39. The summed E-state index contributed by atoms with van der Waals surface area (Å²) in [6.45, 7) is 7.77. The second-order valence-electron chi connectivity index (χ2n) is 5.39. The average Bonchev–Trinajstić information content (AvgIpc) is 2.41. The van der Waals surface area contributed by atoms with Gasteiger partial charge in [0.05, 0.1) is 13.2 Å². The van der Waals surface area contributed by atoms with Gasteiger partial charge in [0.25, 0.3) is 0 Å². The van der Waals surface area contributed by atoms with Crippen molar-refractivity contribution in [2.45, 2.75) is 38.8 Å². The minimum Gasteiger partial charge on any atom is -0.378 e. The van der Waals surface area contributed by atoms with E-state index >= 15 is 0 Å². The average molecular weight is 262 g/mol. The monoisotopic (exact) mass is 261 g/mol. The number of morpholine rings is 1. The lowest BCUT2D eigenvalue weighted by Gasteiger charge is -2.39. The molecule has 2 fully saturated rings. The largest absolute Gasteiger partial charge is 0.378 e. The maximum absolute atomic E-state index is 5.58. The maximum atomic E-state index is 5.58. The molecule has 0 aromatic heterocycles. The molecule has 0 aromatic rings. The van der Waals surface area contributed by atoms with Crippen molar-refractivity contribution in [3.05, 3.63) is 0 Å². The third kappa shape index (κ3) is 2.15. The number of hydrogen-bond acceptors (Lipinski definition) is 2. The molecular weight excluding hydrogens is 242 g/mol. The van der Waals surface area contributed by atoms with Gasteiger partial charge in [-0.3, -0.25) is 4.90 Å². The van der Waals surface area contributed by atoms with Gasteiger partial charge in [-0.15, -0.1) is 0 Å². The van der Waals surface area contributed by atoms with E-state index in [1.54, 1.807) is 0 Å². The Kier molecular flexibility index (Phi) is 3.20. The van der Waals surface area contributed by atoms with Gasteiger partial charge >= 0.3 is 0 Å². The van der Waals surface area contributed by atoms with E-state index in [4.69, 9.17) is 4.74 Å². The lowest BCUT2D eigenvalue weighted by molar-refractivity contribution is -0.0271. The quantitative estimate of drug-likeness (QED) is 0.723. The molecule has 0 saturated carbocycles. The Morgan fingerprint density at radius 2 is 1.86 bits per heavy atom. The highest BCUT2D eigenvalue weighted by molar-refractivity contribution is 9.09. The van der Waals surface area contributed by atoms with Crippen LogP contribution in [-0.2, 0) is 4.74 Å². The van der Waals surface area contributed by atoms with Crippen molar-refractivity contribution in [2.75, 3.05) is 25.1 Å². The summed E-state index contributed by atoms with van der Waals surface area (Å²) in [4.78, 5) is 2.67. The van der Waals surface area contributed by atoms with Crippen LogP contribution < -0.4 is 0 Å². The summed E-state index contributed by atoms with van der Waals surface area (Å²) < 4.78 is 5.58. The van der Waals surface area contributed by atoms with Gasteiger partial charge in [0, 0.05) is 24.0 Å². The molecule has 2 aliphatic rings. The first-order chi connectivity index (χ1) is 6.62. The summed E-state index contributed by atoms with van der Waals surface area (Å²) in [5, 5.41) is 1.08. The van der Waals surface area contributed by atoms with Gasteiger partial charge in [-0.25, -0.2) is 0 Å². The summed E-state index contributed by atoms with van der Waals surface area (Å²) in [5.41, 5.74) is 0.387. The first-order valence-corrected chi connectivity index (χ1v) is 6.64. The predicted molar refractivity (Wildman–Crippen MR) is 61.9 cm³/mol. The van der Waals surface area contributed by atoms with E-state index in [2.05, 4.69) is 34.7 Å². The summed E-state index contributed by atoms with van der Waals surface area (Å²) in [6, 6.07) is 1.40. The molecule has 0 radical (unpaired) electrons. The fraction of sp³-hybridized carbons (Fsp3) is 1.00. The minimum absolute atomic E-state index is 0.387. The van der Waals surface area contributed by atoms with Crippen LogP contribution in [0, 0.1) is 5.41 Å². The Balaban J connectivity index is 1.98. The summed E-state index contributed by atoms with van der Waals surface area (Å²) in [7, 11) is 0. The van der Waals surface area contributed by atoms with Gasteiger partial charge in [0.1, 0.15) is 0 Å². The van der Waals surface area contributed by atoms with Crippen molar-refractivity contribution in [3.8, 4) is 0 Å². The molecule has 0 amide bonds. The van der Waals surface area contributed by atoms with Crippen LogP contribution >= 0.6 is 15.9 Å². The fourth-order valence-electron chi connectivity index (χ4n) is 2.51. The number of rotatable bonds is 3. The molecule has 2 nitrogen and oxygen atoms in total. The Hall–Kier alpha value is 0.400. The number of halogens is 1. The van der Waals surface area contributed by atoms with Crippen molar-refractivity contribution in [2.24, 2.45) is 5.41 Å². The molecule has 2 heterocycles. The summed E-state index contributed by atoms with van der Waals surface area (Å²) >= 11 is 3.60. The van der Waals surface area contributed by atoms with Crippen LogP contribution in [0.3, 0.4) is 0 Å². The summed E-state index contributed by atoms with van der Waals surface area (Å²) in [6.07, 6.45) is 2.67. The Bertz CT molecular complexity index is 191. The lowest BCUT2D eigenvalue weighted by Crippen LogP contribution is -2.49. The van der Waals surface area contributed by atoms with Gasteiger partial charge in [0.2, 0.25) is 0 Å². The Morgan fingerprint density at radius 3 is 2.36 bits per heavy atom. The van der Waals surface area contributed by atoms with Crippen LogP contribution in [0.2, 0.25) is 0 Å². The molecule has 2 aliphatic heterocycles. The molecule has 2 bridgehead atoms. The summed E-state index contributed by atoms with van der Waals surface area (Å²) in [5.74, 6) is 0. The molecular formula is C11H20BrNO. The van der Waals surface area contributed by atoms with Crippen molar-refractivity contribution in [1.82, 2.24) is 4.90 Å². The van der Waals surface area contributed by atoms with Crippen LogP contribution in [0.25, 0.3) is 0 Å². The van der Waals surface area contributed by atoms with Gasteiger partial charge in [-0.05, 0) is 18.3 Å². The zero-order chi connectivity index (χ0) is 10.2. The molecule has 0 spiro atoms. The molecule has 0 aromatic carbocycles. The number of hydrogen-bond donors (Lipinski definition) is 0. The van der Waals surface area contributed by atoms with E-state index in [0.717, 1.165) is 18.5 Å². The number of alkyl halides is 1. The lowest BCUT2D eigenvalue weighted by atomic mass is 9.95. The van der Waals surface area contributed by atoms with E-state index in [9.17, 15) is 0 Å². The zero-order valence-corrected chi connectivity index (χ0v) is 10.7. The smallest absolute Gasteiger partial charge is 0.0622 e. The number of fused-ring (bicyclic) bond motifs is 2. The van der Waals surface area contributed by atoms with Crippen LogP contribution in [0.4, 0.5) is 0 Å². The normalized spacial score (nSPS) is 33.6. The molecule has 2 rings (SSSR count). The van der Waals surface area contributed by atoms with E-state index < -0.39 is 0 Å². The standard InChI is InChI=1S/C11H20BrNO/c1-11(2,7-12)8-13-9-3-4-10(13)6-14-5-9/h9-10H,3-8H2,1-2H3. The fourth-order valence-corrected chi connectivity index (χ4v) is 2.68. The Labute approximate surface area is 95.1 Å². The van der Waals surface area contributed by atoms with Gasteiger partial charge in [-0.2, -0.15) is 0 Å². The zero-order valence-electron chi connectivity index (χ0n) is 9.13. The second-order valence-corrected chi connectivity index (χ2v) is 5.95. The first-order valence-electron chi connectivity index (χ1n) is 5.52. The van der Waals surface area contributed by atoms with Crippen molar-refractivity contribution in [1.29, 1.82) is 0 Å². The van der Waals surface area contributed by atoms with Crippen molar-refractivity contribution < 1.29 is 4.74 Å². The van der Waals surface area contributed by atoms with Crippen LogP contribution in [0.1, 0.15) is 26.7 Å². The Morgan fingerprint density at radius 1 is 1.29 bits per heavy atom. The second kappa shape index (κ2) is 4.11. The molecule has 0 N–H and O–H groups in total. The van der Waals surface area contributed by atoms with E-state index in [1.165, 1.54) is 19.4 Å². The van der Waals surface area contributed by atoms with E-state index in [-0.39, 0.29) is 0 Å². The maximum Gasteiger partial charge on any atom is 0.0622 e.